The van der Waals surface area contributed by atoms with Gasteiger partial charge in [0.2, 0.25) is 11.8 Å². The number of hydrogen-bond acceptors (Lipinski definition) is 3. The zero-order chi connectivity index (χ0) is 9.72. The molecule has 0 spiro atoms. The van der Waals surface area contributed by atoms with Gasteiger partial charge in [-0.25, -0.2) is 0 Å². The molecule has 2 atom stereocenters. The Morgan fingerprint density at radius 3 is 1.92 bits per heavy atom. The largest absolute Gasteiger partial charge is 0.371 e. The van der Waals surface area contributed by atoms with Gasteiger partial charge in [-0.15, -0.1) is 0 Å². The second-order valence-corrected chi connectivity index (χ2v) is 2.48. The van der Waals surface area contributed by atoms with E-state index in [0.717, 1.165) is 0 Å². The van der Waals surface area contributed by atoms with Gasteiger partial charge in [0.25, 0.3) is 0 Å². The SMILES string of the molecule is CCC(C(N)=O)C(OC)C(N)=O. The third kappa shape index (κ3) is 2.50. The van der Waals surface area contributed by atoms with Crippen molar-refractivity contribution < 1.29 is 14.3 Å². The summed E-state index contributed by atoms with van der Waals surface area (Å²) in [5.74, 6) is -1.86. The highest BCUT2D eigenvalue weighted by molar-refractivity contribution is 5.87. The number of carbonyl (C=O) groups excluding carboxylic acids is 2. The van der Waals surface area contributed by atoms with Gasteiger partial charge in [0.15, 0.2) is 0 Å². The molecule has 0 rings (SSSR count). The van der Waals surface area contributed by atoms with Crippen LogP contribution in [0.15, 0.2) is 0 Å². The van der Waals surface area contributed by atoms with Crippen molar-refractivity contribution in [2.75, 3.05) is 7.11 Å². The fraction of sp³-hybridized carbons (Fsp3) is 0.714. The molecule has 0 saturated carbocycles. The summed E-state index contributed by atoms with van der Waals surface area (Å²) >= 11 is 0. The van der Waals surface area contributed by atoms with Gasteiger partial charge in [0.1, 0.15) is 6.10 Å². The summed E-state index contributed by atoms with van der Waals surface area (Å²) in [6, 6.07) is 0. The lowest BCUT2D eigenvalue weighted by Gasteiger charge is -2.18. The molecular formula is C7H14N2O3. The topological polar surface area (TPSA) is 95.4 Å². The summed E-state index contributed by atoms with van der Waals surface area (Å²) in [5.41, 5.74) is 10.0. The average Bonchev–Trinajstić information content (AvgIpc) is 1.98. The summed E-state index contributed by atoms with van der Waals surface area (Å²) in [7, 11) is 1.32. The van der Waals surface area contributed by atoms with Gasteiger partial charge in [0.05, 0.1) is 5.92 Å². The molecule has 0 aromatic rings. The van der Waals surface area contributed by atoms with Crippen LogP contribution >= 0.6 is 0 Å². The minimum absolute atomic E-state index is 0.441. The Kier molecular flexibility index (Phi) is 4.28. The highest BCUT2D eigenvalue weighted by atomic mass is 16.5. The molecule has 0 fully saturated rings. The van der Waals surface area contributed by atoms with Gasteiger partial charge < -0.3 is 16.2 Å². The fourth-order valence-electron chi connectivity index (χ4n) is 1.04. The molecule has 4 N–H and O–H groups in total. The van der Waals surface area contributed by atoms with Crippen LogP contribution in [0.4, 0.5) is 0 Å². The zero-order valence-electron chi connectivity index (χ0n) is 7.24. The zero-order valence-corrected chi connectivity index (χ0v) is 7.24. The van der Waals surface area contributed by atoms with E-state index in [4.69, 9.17) is 16.2 Å². The van der Waals surface area contributed by atoms with Crippen LogP contribution in [-0.2, 0) is 14.3 Å². The highest BCUT2D eigenvalue weighted by Crippen LogP contribution is 2.10. The molecule has 0 radical (unpaired) electrons. The molecule has 12 heavy (non-hydrogen) atoms. The molecule has 0 aromatic heterocycles. The molecule has 5 heteroatoms. The van der Waals surface area contributed by atoms with Gasteiger partial charge in [-0.05, 0) is 6.42 Å². The van der Waals surface area contributed by atoms with E-state index in [1.165, 1.54) is 7.11 Å². The molecule has 0 aromatic carbocycles. The van der Waals surface area contributed by atoms with Crippen LogP contribution in [0, 0.1) is 5.92 Å². The fourth-order valence-corrected chi connectivity index (χ4v) is 1.04. The molecule has 0 saturated heterocycles. The van der Waals surface area contributed by atoms with Crippen LogP contribution in [0.1, 0.15) is 13.3 Å². The number of rotatable bonds is 5. The average molecular weight is 174 g/mol. The van der Waals surface area contributed by atoms with Crippen LogP contribution in [0.2, 0.25) is 0 Å². The standard InChI is InChI=1S/C7H14N2O3/c1-3-4(6(8)10)5(12-2)7(9)11/h4-5H,3H2,1-2H3,(H2,8,10)(H2,9,11). The van der Waals surface area contributed by atoms with Crippen molar-refractivity contribution in [3.05, 3.63) is 0 Å². The van der Waals surface area contributed by atoms with Gasteiger partial charge in [-0.1, -0.05) is 6.92 Å². The Hall–Kier alpha value is -1.10. The lowest BCUT2D eigenvalue weighted by Crippen LogP contribution is -2.42. The number of carbonyl (C=O) groups is 2. The number of methoxy groups -OCH3 is 1. The number of primary amides is 2. The first-order valence-electron chi connectivity index (χ1n) is 3.66. The maximum absolute atomic E-state index is 10.8. The van der Waals surface area contributed by atoms with E-state index in [1.807, 2.05) is 0 Å². The van der Waals surface area contributed by atoms with E-state index in [9.17, 15) is 9.59 Å². The van der Waals surface area contributed by atoms with Gasteiger partial charge >= 0.3 is 0 Å². The van der Waals surface area contributed by atoms with E-state index in [1.54, 1.807) is 6.92 Å². The predicted octanol–water partition coefficient (Wildman–Crippen LogP) is -1.00. The summed E-state index contributed by atoms with van der Waals surface area (Å²) in [6.07, 6.45) is -0.468. The quantitative estimate of drug-likeness (QED) is 0.559. The second kappa shape index (κ2) is 4.71. The molecular weight excluding hydrogens is 160 g/mol. The van der Waals surface area contributed by atoms with Crippen molar-refractivity contribution >= 4 is 11.8 Å². The minimum Gasteiger partial charge on any atom is -0.371 e. The molecule has 5 nitrogen and oxygen atoms in total. The van der Waals surface area contributed by atoms with Gasteiger partial charge in [-0.3, -0.25) is 9.59 Å². The highest BCUT2D eigenvalue weighted by Gasteiger charge is 2.29. The molecule has 0 aliphatic heterocycles. The van der Waals surface area contributed by atoms with E-state index in [2.05, 4.69) is 0 Å². The van der Waals surface area contributed by atoms with Crippen molar-refractivity contribution in [3.63, 3.8) is 0 Å². The van der Waals surface area contributed by atoms with Crippen molar-refractivity contribution in [2.45, 2.75) is 19.4 Å². The normalized spacial score (nSPS) is 15.2. The van der Waals surface area contributed by atoms with Crippen molar-refractivity contribution in [2.24, 2.45) is 17.4 Å². The first-order valence-corrected chi connectivity index (χ1v) is 3.66. The van der Waals surface area contributed by atoms with Crippen LogP contribution in [-0.4, -0.2) is 25.0 Å². The van der Waals surface area contributed by atoms with E-state index < -0.39 is 23.8 Å². The number of amides is 2. The van der Waals surface area contributed by atoms with Crippen LogP contribution in [0.3, 0.4) is 0 Å². The Morgan fingerprint density at radius 1 is 1.33 bits per heavy atom. The molecule has 0 aliphatic carbocycles. The summed E-state index contributed by atoms with van der Waals surface area (Å²) in [6.45, 7) is 1.74. The van der Waals surface area contributed by atoms with E-state index >= 15 is 0 Å². The molecule has 2 unspecified atom stereocenters. The Morgan fingerprint density at radius 2 is 1.83 bits per heavy atom. The first-order chi connectivity index (χ1) is 5.54. The Balaban J connectivity index is 4.44. The molecule has 0 heterocycles. The summed E-state index contributed by atoms with van der Waals surface area (Å²) in [4.78, 5) is 21.5. The molecule has 2 amide bonds. The number of hydrogen-bond donors (Lipinski definition) is 2. The third-order valence-corrected chi connectivity index (χ3v) is 1.71. The Labute approximate surface area is 71.0 Å². The minimum atomic E-state index is -0.910. The lowest BCUT2D eigenvalue weighted by molar-refractivity contribution is -0.138. The van der Waals surface area contributed by atoms with Gasteiger partial charge in [0, 0.05) is 7.11 Å². The number of ether oxygens (including phenoxy) is 1. The van der Waals surface area contributed by atoms with E-state index in [0.29, 0.717) is 6.42 Å². The second-order valence-electron chi connectivity index (χ2n) is 2.48. The Bertz CT molecular complexity index is 161. The smallest absolute Gasteiger partial charge is 0.247 e. The van der Waals surface area contributed by atoms with Crippen molar-refractivity contribution in [1.29, 1.82) is 0 Å². The van der Waals surface area contributed by atoms with Crippen LogP contribution in [0.5, 0.6) is 0 Å². The maximum atomic E-state index is 10.8. The van der Waals surface area contributed by atoms with E-state index in [-0.39, 0.29) is 0 Å². The summed E-state index contributed by atoms with van der Waals surface area (Å²) in [5, 5.41) is 0. The predicted molar refractivity (Wildman–Crippen MR) is 43.0 cm³/mol. The monoisotopic (exact) mass is 174 g/mol. The molecule has 70 valence electrons. The van der Waals surface area contributed by atoms with Crippen molar-refractivity contribution in [1.82, 2.24) is 0 Å². The third-order valence-electron chi connectivity index (χ3n) is 1.71. The van der Waals surface area contributed by atoms with Crippen LogP contribution in [0.25, 0.3) is 0 Å². The maximum Gasteiger partial charge on any atom is 0.247 e. The summed E-state index contributed by atoms with van der Waals surface area (Å²) < 4.78 is 4.75. The lowest BCUT2D eigenvalue weighted by atomic mass is 9.98. The van der Waals surface area contributed by atoms with Gasteiger partial charge in [-0.2, -0.15) is 0 Å². The van der Waals surface area contributed by atoms with Crippen molar-refractivity contribution in [3.8, 4) is 0 Å². The van der Waals surface area contributed by atoms with Crippen LogP contribution < -0.4 is 11.5 Å². The number of nitrogens with two attached hydrogens (primary N) is 2. The molecule has 0 aliphatic rings. The first kappa shape index (κ1) is 10.9. The molecule has 0 bridgehead atoms.